The first kappa shape index (κ1) is 94.5. The number of carbonyl (C=O) groups excluding carboxylic acids is 3. The summed E-state index contributed by atoms with van der Waals surface area (Å²) in [5.74, 6) is -1.72. The first-order valence-corrected chi connectivity index (χ1v) is 44.9. The van der Waals surface area contributed by atoms with Crippen molar-refractivity contribution >= 4 is 17.7 Å². The van der Waals surface area contributed by atoms with Crippen LogP contribution in [0.1, 0.15) is 494 Å². The summed E-state index contributed by atoms with van der Waals surface area (Å²) in [5, 5.41) is 0. The molecule has 9 heteroatoms. The van der Waals surface area contributed by atoms with Crippen LogP contribution < -0.4 is 17.2 Å². The molecular formula is C90H174N6O3. The van der Waals surface area contributed by atoms with Gasteiger partial charge in [0, 0.05) is 16.7 Å². The fourth-order valence-corrected chi connectivity index (χ4v) is 15.9. The summed E-state index contributed by atoms with van der Waals surface area (Å²) in [6, 6.07) is 0. The summed E-state index contributed by atoms with van der Waals surface area (Å²) in [6.45, 7) is 22.9. The van der Waals surface area contributed by atoms with Gasteiger partial charge in [-0.2, -0.15) is 0 Å². The van der Waals surface area contributed by atoms with Gasteiger partial charge in [-0.1, -0.05) is 388 Å². The zero-order valence-corrected chi connectivity index (χ0v) is 67.8. The Morgan fingerprint density at radius 3 is 0.414 bits per heavy atom. The number of carbonyl (C=O) groups is 3. The molecule has 0 aliphatic heterocycles. The Hall–Kier alpha value is -2.49. The maximum atomic E-state index is 14.4. The standard InChI is InChI=1S/C90H174N6O3/c1-7-13-19-25-31-37-43-49-55-61-73-94(74-62-56-50-44-38-32-26-20-14-8-2)79-67-70-82-85(88(91)97)83(71-68-80-95(75-63-57-51-45-39-33-27-21-15-9-3)76-64-58-52-46-40-34-28-22-16-10-4)87(90(93)99)84(86(82)89(92)98)72-69-81-96(77-65-59-53-47-41-35-29-23-17-11-5)78-66-60-54-48-42-36-30-24-18-12-6/h7-81H2,1-6H3,(H2,91,97)(H2,92,98)(H2,93,99). The normalized spacial score (nSPS) is 11.8. The number of hydrogen-bond acceptors (Lipinski definition) is 6. The Balaban J connectivity index is 3.74. The largest absolute Gasteiger partial charge is 0.366 e. The predicted molar refractivity (Wildman–Crippen MR) is 437 cm³/mol. The molecule has 0 unspecified atom stereocenters. The van der Waals surface area contributed by atoms with Crippen molar-refractivity contribution in [2.75, 3.05) is 58.9 Å². The third-order valence-electron chi connectivity index (χ3n) is 22.2. The zero-order valence-electron chi connectivity index (χ0n) is 67.8. The molecule has 0 saturated carbocycles. The monoisotopic (exact) mass is 1390 g/mol. The van der Waals surface area contributed by atoms with Crippen LogP contribution in [0.15, 0.2) is 0 Å². The first-order valence-electron chi connectivity index (χ1n) is 44.9. The second-order valence-corrected chi connectivity index (χ2v) is 31.6. The highest BCUT2D eigenvalue weighted by molar-refractivity contribution is 6.09. The van der Waals surface area contributed by atoms with Crippen LogP contribution in [0.3, 0.4) is 0 Å². The molecular weight excluding hydrogens is 1210 g/mol. The van der Waals surface area contributed by atoms with Crippen molar-refractivity contribution in [1.29, 1.82) is 0 Å². The number of unbranched alkanes of at least 4 members (excludes halogenated alkanes) is 54. The second-order valence-electron chi connectivity index (χ2n) is 31.6. The molecule has 6 N–H and O–H groups in total. The molecule has 0 aliphatic rings. The SMILES string of the molecule is CCCCCCCCCCCCN(CCCCCCCCCCCC)CCCc1c(C(N)=O)c(CCCN(CCCCCCCCCCCC)CCCCCCCCCCCC)c(C(N)=O)c(CCCN(CCCCCCCCCCCC)CCCCCCCCCCCC)c1C(N)=O. The number of amides is 3. The second kappa shape index (κ2) is 72.5. The Kier molecular flexibility index (Phi) is 69.2. The summed E-state index contributed by atoms with van der Waals surface area (Å²) in [6.07, 6.45) is 83.1. The van der Waals surface area contributed by atoms with Crippen LogP contribution >= 0.6 is 0 Å². The van der Waals surface area contributed by atoms with Gasteiger partial charge in [-0.25, -0.2) is 0 Å². The Morgan fingerprint density at radius 2 is 0.293 bits per heavy atom. The van der Waals surface area contributed by atoms with E-state index in [-0.39, 0.29) is 0 Å². The van der Waals surface area contributed by atoms with Crippen molar-refractivity contribution in [3.05, 3.63) is 33.4 Å². The van der Waals surface area contributed by atoms with Crippen LogP contribution in [0.2, 0.25) is 0 Å². The number of rotatable bonds is 81. The molecule has 0 bridgehead atoms. The molecule has 1 aromatic carbocycles. The molecule has 0 aromatic heterocycles. The van der Waals surface area contributed by atoms with Gasteiger partial charge in [0.25, 0.3) is 0 Å². The van der Waals surface area contributed by atoms with Gasteiger partial charge >= 0.3 is 0 Å². The van der Waals surface area contributed by atoms with E-state index in [1.165, 1.54) is 385 Å². The van der Waals surface area contributed by atoms with Gasteiger partial charge in [0.1, 0.15) is 0 Å². The lowest BCUT2D eigenvalue weighted by molar-refractivity contribution is 0.0998. The summed E-state index contributed by atoms with van der Waals surface area (Å²) < 4.78 is 0. The molecule has 582 valence electrons. The Labute approximate surface area is 618 Å². The minimum atomic E-state index is -0.573. The maximum Gasteiger partial charge on any atom is 0.249 e. The van der Waals surface area contributed by atoms with E-state index in [9.17, 15) is 14.4 Å². The molecule has 9 nitrogen and oxygen atoms in total. The number of hydrogen-bond donors (Lipinski definition) is 3. The van der Waals surface area contributed by atoms with Gasteiger partial charge in [-0.3, -0.25) is 14.4 Å². The highest BCUT2D eigenvalue weighted by Crippen LogP contribution is 2.33. The van der Waals surface area contributed by atoms with Crippen molar-refractivity contribution in [3.8, 4) is 0 Å². The Bertz CT molecular complexity index is 1630. The molecule has 1 rings (SSSR count). The quantitative estimate of drug-likeness (QED) is 0.0555. The van der Waals surface area contributed by atoms with Crippen LogP contribution in [0.25, 0.3) is 0 Å². The van der Waals surface area contributed by atoms with Crippen molar-refractivity contribution in [3.63, 3.8) is 0 Å². The molecule has 0 spiro atoms. The van der Waals surface area contributed by atoms with Crippen LogP contribution in [0.4, 0.5) is 0 Å². The number of benzene rings is 1. The van der Waals surface area contributed by atoms with E-state index in [0.717, 1.165) is 78.2 Å². The molecule has 1 aromatic rings. The lowest BCUT2D eigenvalue weighted by Gasteiger charge is -2.27. The van der Waals surface area contributed by atoms with Gasteiger partial charge < -0.3 is 31.9 Å². The zero-order chi connectivity index (χ0) is 72.0. The third-order valence-corrected chi connectivity index (χ3v) is 22.2. The van der Waals surface area contributed by atoms with E-state index in [1.807, 2.05) is 0 Å². The molecule has 0 heterocycles. The highest BCUT2D eigenvalue weighted by Gasteiger charge is 2.31. The van der Waals surface area contributed by atoms with E-state index in [1.54, 1.807) is 0 Å². The van der Waals surface area contributed by atoms with Crippen LogP contribution in [0.5, 0.6) is 0 Å². The molecule has 3 amide bonds. The lowest BCUT2D eigenvalue weighted by Crippen LogP contribution is -2.32. The molecule has 0 radical (unpaired) electrons. The van der Waals surface area contributed by atoms with Crippen LogP contribution in [-0.2, 0) is 19.3 Å². The first-order chi connectivity index (χ1) is 48.6. The van der Waals surface area contributed by atoms with Gasteiger partial charge in [-0.15, -0.1) is 0 Å². The van der Waals surface area contributed by atoms with E-state index < -0.39 is 17.7 Å². The third kappa shape index (κ3) is 54.7. The summed E-state index contributed by atoms with van der Waals surface area (Å²) in [5.41, 5.74) is 23.0. The number of nitrogens with two attached hydrogens (primary N) is 3. The molecule has 0 fully saturated rings. The Morgan fingerprint density at radius 1 is 0.182 bits per heavy atom. The molecule has 0 saturated heterocycles. The lowest BCUT2D eigenvalue weighted by atomic mass is 9.80. The molecule has 0 aliphatic carbocycles. The molecule has 0 atom stereocenters. The summed E-state index contributed by atoms with van der Waals surface area (Å²) in [4.78, 5) is 51.3. The minimum absolute atomic E-state index is 0.344. The van der Waals surface area contributed by atoms with Crippen molar-refractivity contribution < 1.29 is 14.4 Å². The maximum absolute atomic E-state index is 14.4. The van der Waals surface area contributed by atoms with Crippen molar-refractivity contribution in [1.82, 2.24) is 14.7 Å². The van der Waals surface area contributed by atoms with Gasteiger partial charge in [0.15, 0.2) is 0 Å². The van der Waals surface area contributed by atoms with Crippen LogP contribution in [-0.4, -0.2) is 91.3 Å². The van der Waals surface area contributed by atoms with Gasteiger partial charge in [-0.05, 0) is 153 Å². The number of primary amides is 3. The van der Waals surface area contributed by atoms with Crippen molar-refractivity contribution in [2.45, 2.75) is 465 Å². The predicted octanol–water partition coefficient (Wildman–Crippen LogP) is 26.2. The summed E-state index contributed by atoms with van der Waals surface area (Å²) in [7, 11) is 0. The fourth-order valence-electron chi connectivity index (χ4n) is 15.9. The van der Waals surface area contributed by atoms with Gasteiger partial charge in [0.05, 0.1) is 0 Å². The van der Waals surface area contributed by atoms with Crippen molar-refractivity contribution in [2.24, 2.45) is 17.2 Å². The van der Waals surface area contributed by atoms with Crippen LogP contribution in [0, 0.1) is 0 Å². The average Bonchev–Trinajstić information content (AvgIpc) is 0.754. The summed E-state index contributed by atoms with van der Waals surface area (Å²) >= 11 is 0. The van der Waals surface area contributed by atoms with E-state index >= 15 is 0 Å². The van der Waals surface area contributed by atoms with E-state index in [2.05, 4.69) is 56.2 Å². The number of nitrogens with zero attached hydrogens (tertiary/aromatic N) is 3. The average molecular weight is 1390 g/mol. The molecule has 99 heavy (non-hydrogen) atoms. The van der Waals surface area contributed by atoms with E-state index in [4.69, 9.17) is 17.2 Å². The highest BCUT2D eigenvalue weighted by atomic mass is 16.2. The topological polar surface area (TPSA) is 139 Å². The fraction of sp³-hybridized carbons (Fsp3) is 0.900. The minimum Gasteiger partial charge on any atom is -0.366 e. The van der Waals surface area contributed by atoms with Gasteiger partial charge in [0.2, 0.25) is 17.7 Å². The smallest absolute Gasteiger partial charge is 0.249 e. The van der Waals surface area contributed by atoms with E-state index in [0.29, 0.717) is 52.6 Å².